The minimum Gasteiger partial charge on any atom is -0.462 e. The van der Waals surface area contributed by atoms with Gasteiger partial charge in [-0.2, -0.15) is 0 Å². The molecule has 1 rings (SSSR count). The summed E-state index contributed by atoms with van der Waals surface area (Å²) in [5.74, 6) is 2.07. The van der Waals surface area contributed by atoms with Gasteiger partial charge in [-0.05, 0) is 24.7 Å². The van der Waals surface area contributed by atoms with Crippen molar-refractivity contribution >= 4 is 19.8 Å². The molecule has 1 aromatic heterocycles. The maximum Gasteiger partial charge on any atom is 0.272 e. The van der Waals surface area contributed by atoms with E-state index in [4.69, 9.17) is 4.74 Å². The van der Waals surface area contributed by atoms with Crippen molar-refractivity contribution in [2.75, 3.05) is 27.7 Å². The Morgan fingerprint density at radius 3 is 1.17 bits per heavy atom. The number of ether oxygens (including phenoxy) is 1. The second-order valence-corrected chi connectivity index (χ2v) is 16.4. The molecule has 0 aliphatic carbocycles. The maximum absolute atomic E-state index is 14.0. The molecule has 46 heavy (non-hydrogen) atoms. The Morgan fingerprint density at radius 2 is 0.891 bits per heavy atom. The lowest BCUT2D eigenvalue weighted by Crippen LogP contribution is -2.61. The molecule has 0 aliphatic heterocycles. The summed E-state index contributed by atoms with van der Waals surface area (Å²) in [6.07, 6.45) is 34.1. The first-order valence-corrected chi connectivity index (χ1v) is 21.0. The lowest BCUT2D eigenvalue weighted by Gasteiger charge is -2.37. The molecule has 0 aromatic carbocycles. The molecule has 1 heterocycles. The molecule has 1 unspecified atom stereocenters. The fourth-order valence-corrected chi connectivity index (χ4v) is 7.50. The number of nitrogens with zero attached hydrogens (tertiary/aromatic N) is 1. The van der Waals surface area contributed by atoms with Crippen molar-refractivity contribution in [2.24, 2.45) is 0 Å². The van der Waals surface area contributed by atoms with Gasteiger partial charge in [-0.3, -0.25) is 9.59 Å². The molecule has 0 aliphatic rings. The average Bonchev–Trinajstić information content (AvgIpc) is 3.53. The van der Waals surface area contributed by atoms with Crippen LogP contribution in [0, 0.1) is 0 Å². The lowest BCUT2D eigenvalue weighted by molar-refractivity contribution is -0.873. The highest BCUT2D eigenvalue weighted by Crippen LogP contribution is 2.33. The Bertz CT molecular complexity index is 802. The van der Waals surface area contributed by atoms with Gasteiger partial charge in [-0.1, -0.05) is 182 Å². The third kappa shape index (κ3) is 21.7. The van der Waals surface area contributed by atoms with E-state index in [1.807, 2.05) is 12.1 Å². The monoisotopic (exact) mass is 663 g/mol. The summed E-state index contributed by atoms with van der Waals surface area (Å²) in [7, 11) is 6.60. The fraction of sp³-hybridized carbons (Fsp3) is 0.854. The van der Waals surface area contributed by atoms with Crippen molar-refractivity contribution in [3.8, 4) is 5.48 Å². The van der Waals surface area contributed by atoms with Gasteiger partial charge in [0.15, 0.2) is 11.6 Å². The van der Waals surface area contributed by atoms with E-state index in [0.29, 0.717) is 32.1 Å². The summed E-state index contributed by atoms with van der Waals surface area (Å²) in [5, 5.41) is 0. The molecule has 4 nitrogen and oxygen atoms in total. The summed E-state index contributed by atoms with van der Waals surface area (Å²) in [6, 6.07) is 3.93. The Balaban J connectivity index is 2.50. The number of ketones is 2. The molecule has 0 N–H and O–H groups in total. The summed E-state index contributed by atoms with van der Waals surface area (Å²) in [6.45, 7) is 4.95. The smallest absolute Gasteiger partial charge is 0.272 e. The van der Waals surface area contributed by atoms with E-state index in [1.165, 1.54) is 141 Å². The van der Waals surface area contributed by atoms with Gasteiger partial charge in [0.05, 0.1) is 21.1 Å². The van der Waals surface area contributed by atoms with Crippen LogP contribution in [0.4, 0.5) is 0 Å². The summed E-state index contributed by atoms with van der Waals surface area (Å²) in [4.78, 5) is 28.0. The van der Waals surface area contributed by atoms with Gasteiger partial charge in [-0.25, -0.2) is 0 Å². The standard InChI is InChI=1S/C41H77NO3P/c1-6-8-10-12-14-16-18-20-22-24-26-28-30-33-38(43)41(37-42(3,4)5,45-40-35-32-36-46-40)39(44)34-31-29-27-25-23-21-19-17-15-13-11-9-7-2/h32,35-36,46H,6-31,33-34,37H2,1-5H3/q+1. The highest BCUT2D eigenvalue weighted by atomic mass is 31.0. The summed E-state index contributed by atoms with van der Waals surface area (Å²) >= 11 is 0. The van der Waals surface area contributed by atoms with Crippen molar-refractivity contribution in [3.63, 3.8) is 0 Å². The molecule has 0 amide bonds. The molecule has 1 aromatic rings. The number of hydrogen-bond donors (Lipinski definition) is 0. The first kappa shape index (κ1) is 42.9. The Hall–Kier alpha value is -1.12. The molecule has 0 saturated heterocycles. The van der Waals surface area contributed by atoms with Gasteiger partial charge in [-0.15, -0.1) is 0 Å². The van der Waals surface area contributed by atoms with Crippen molar-refractivity contribution in [3.05, 3.63) is 17.9 Å². The quantitative estimate of drug-likeness (QED) is 0.0419. The molecular weight excluding hydrogens is 585 g/mol. The number of Topliss-reactive ketones (excluding diaryl/α,β-unsaturated/α-hetero) is 2. The number of rotatable bonds is 34. The van der Waals surface area contributed by atoms with Crippen LogP contribution in [0.25, 0.3) is 0 Å². The SMILES string of the molecule is CCCCCCCCCCCCCCCC(=O)C(C[N+](C)(C)C)(Oc1ccc[pH]1)C(=O)CCCCCCCCCCCCCCC. The van der Waals surface area contributed by atoms with Gasteiger partial charge in [0.1, 0.15) is 12.0 Å². The van der Waals surface area contributed by atoms with E-state index in [1.54, 1.807) is 0 Å². The molecule has 268 valence electrons. The predicted molar refractivity (Wildman–Crippen MR) is 203 cm³/mol. The van der Waals surface area contributed by atoms with Crippen molar-refractivity contribution < 1.29 is 18.8 Å². The largest absolute Gasteiger partial charge is 0.462 e. The molecule has 0 spiro atoms. The first-order chi connectivity index (χ1) is 22.2. The minimum absolute atomic E-state index is 0.000849. The van der Waals surface area contributed by atoms with Crippen LogP contribution in [0.1, 0.15) is 194 Å². The van der Waals surface area contributed by atoms with Crippen molar-refractivity contribution in [2.45, 2.75) is 199 Å². The Kier molecular flexibility index (Phi) is 25.9. The van der Waals surface area contributed by atoms with Crippen LogP contribution in [-0.2, 0) is 9.59 Å². The third-order valence-electron chi connectivity index (χ3n) is 9.47. The molecule has 0 fully saturated rings. The molecular formula is C41H77NO3P+. The lowest BCUT2D eigenvalue weighted by atomic mass is 9.85. The van der Waals surface area contributed by atoms with Gasteiger partial charge < -0.3 is 9.22 Å². The number of carbonyl (C=O) groups is 2. The van der Waals surface area contributed by atoms with Crippen LogP contribution < -0.4 is 4.74 Å². The van der Waals surface area contributed by atoms with Crippen LogP contribution in [0.2, 0.25) is 0 Å². The molecule has 1 atom stereocenters. The number of likely N-dealkylation sites (N-methyl/N-ethyl adjacent to an activating group) is 1. The molecule has 5 heteroatoms. The normalized spacial score (nSPS) is 12.3. The van der Waals surface area contributed by atoms with Gasteiger partial charge in [0.25, 0.3) is 5.60 Å². The number of carbonyl (C=O) groups excluding carboxylic acids is 2. The van der Waals surface area contributed by atoms with Gasteiger partial charge in [0.2, 0.25) is 0 Å². The van der Waals surface area contributed by atoms with E-state index in [9.17, 15) is 9.59 Å². The van der Waals surface area contributed by atoms with E-state index < -0.39 is 5.60 Å². The number of hydrogen-bond acceptors (Lipinski definition) is 3. The van der Waals surface area contributed by atoms with Crippen LogP contribution in [0.15, 0.2) is 17.9 Å². The van der Waals surface area contributed by atoms with Crippen molar-refractivity contribution in [1.82, 2.24) is 0 Å². The van der Waals surface area contributed by atoms with E-state index in [-0.39, 0.29) is 11.6 Å². The maximum atomic E-state index is 14.0. The molecule has 0 radical (unpaired) electrons. The summed E-state index contributed by atoms with van der Waals surface area (Å²) in [5.41, 5.74) is -0.581. The zero-order chi connectivity index (χ0) is 33.8. The van der Waals surface area contributed by atoms with Crippen LogP contribution in [0.5, 0.6) is 5.48 Å². The fourth-order valence-electron chi connectivity index (χ4n) is 6.72. The van der Waals surface area contributed by atoms with Crippen molar-refractivity contribution in [1.29, 1.82) is 0 Å². The van der Waals surface area contributed by atoms with Crippen LogP contribution in [0.3, 0.4) is 0 Å². The summed E-state index contributed by atoms with van der Waals surface area (Å²) < 4.78 is 7.05. The van der Waals surface area contributed by atoms with E-state index in [2.05, 4.69) is 40.8 Å². The molecule has 0 bridgehead atoms. The first-order valence-electron chi connectivity index (χ1n) is 19.9. The average molecular weight is 663 g/mol. The predicted octanol–water partition coefficient (Wildman–Crippen LogP) is 12.6. The van der Waals surface area contributed by atoms with Gasteiger partial charge in [0, 0.05) is 12.8 Å². The topological polar surface area (TPSA) is 43.4 Å². The third-order valence-corrected chi connectivity index (χ3v) is 10.4. The minimum atomic E-state index is -1.36. The number of quaternary nitrogens is 1. The number of unbranched alkanes of at least 4 members (excludes halogenated alkanes) is 24. The van der Waals surface area contributed by atoms with E-state index >= 15 is 0 Å². The Morgan fingerprint density at radius 1 is 0.565 bits per heavy atom. The zero-order valence-corrected chi connectivity index (χ0v) is 32.4. The second kappa shape index (κ2) is 27.8. The second-order valence-electron chi connectivity index (χ2n) is 15.2. The highest BCUT2D eigenvalue weighted by Gasteiger charge is 2.51. The zero-order valence-electron chi connectivity index (χ0n) is 31.4. The van der Waals surface area contributed by atoms with Gasteiger partial charge >= 0.3 is 0 Å². The Labute approximate surface area is 288 Å². The van der Waals surface area contributed by atoms with E-state index in [0.717, 1.165) is 31.2 Å². The van der Waals surface area contributed by atoms with Crippen LogP contribution >= 0.6 is 8.19 Å². The highest BCUT2D eigenvalue weighted by molar-refractivity contribution is 7.31. The molecule has 0 saturated carbocycles. The van der Waals surface area contributed by atoms with Crippen LogP contribution in [-0.4, -0.2) is 49.3 Å².